The molecule has 1 aliphatic carbocycles. The molecule has 0 fully saturated rings. The lowest BCUT2D eigenvalue weighted by atomic mass is 9.92. The predicted molar refractivity (Wildman–Crippen MR) is 203 cm³/mol. The molecule has 0 aromatic heterocycles. The molecule has 2 nitrogen and oxygen atoms in total. The predicted octanol–water partition coefficient (Wildman–Crippen LogP) is 12.6. The Balaban J connectivity index is 1.44. The van der Waals surface area contributed by atoms with Crippen LogP contribution in [-0.2, 0) is 0 Å². The van der Waals surface area contributed by atoms with E-state index in [4.69, 9.17) is 0 Å². The van der Waals surface area contributed by atoms with Gasteiger partial charge in [0.15, 0.2) is 0 Å². The first-order chi connectivity index (χ1) is 23.0. The van der Waals surface area contributed by atoms with E-state index in [1.165, 1.54) is 66.1 Å². The molecule has 1 aliphatic rings. The molecule has 0 aliphatic heterocycles. The lowest BCUT2D eigenvalue weighted by Gasteiger charge is -2.34. The summed E-state index contributed by atoms with van der Waals surface area (Å²) in [5.41, 5.74) is 9.73. The van der Waals surface area contributed by atoms with E-state index in [-0.39, 0.29) is 6.04 Å². The molecule has 0 spiro atoms. The third-order valence-corrected chi connectivity index (χ3v) is 9.55. The average Bonchev–Trinajstić information content (AvgIpc) is 3.11. The minimum Gasteiger partial charge on any atom is -0.334 e. The van der Waals surface area contributed by atoms with Crippen LogP contribution in [0.25, 0.3) is 32.3 Å². The summed E-state index contributed by atoms with van der Waals surface area (Å²) in [6.45, 7) is 6.49. The summed E-state index contributed by atoms with van der Waals surface area (Å²) in [7, 11) is 0. The molecule has 1 atom stereocenters. The van der Waals surface area contributed by atoms with E-state index in [1.54, 1.807) is 0 Å². The van der Waals surface area contributed by atoms with Gasteiger partial charge in [-0.2, -0.15) is 0 Å². The van der Waals surface area contributed by atoms with Crippen molar-refractivity contribution in [2.45, 2.75) is 33.2 Å². The van der Waals surface area contributed by atoms with Gasteiger partial charge >= 0.3 is 0 Å². The van der Waals surface area contributed by atoms with Gasteiger partial charge in [-0.05, 0) is 97.3 Å². The van der Waals surface area contributed by atoms with Crippen LogP contribution in [0.1, 0.15) is 24.5 Å². The van der Waals surface area contributed by atoms with Crippen molar-refractivity contribution >= 4 is 60.8 Å². The Morgan fingerprint density at radius 2 is 0.957 bits per heavy atom. The van der Waals surface area contributed by atoms with Gasteiger partial charge in [0.05, 0.1) is 17.4 Å². The molecule has 0 amide bonds. The highest BCUT2D eigenvalue weighted by Crippen LogP contribution is 2.46. The van der Waals surface area contributed by atoms with Crippen molar-refractivity contribution in [2.75, 3.05) is 9.80 Å². The highest BCUT2D eigenvalue weighted by molar-refractivity contribution is 6.24. The largest absolute Gasteiger partial charge is 0.334 e. The van der Waals surface area contributed by atoms with Crippen LogP contribution in [0.3, 0.4) is 0 Å². The van der Waals surface area contributed by atoms with Gasteiger partial charge in [-0.1, -0.05) is 126 Å². The van der Waals surface area contributed by atoms with Gasteiger partial charge in [-0.15, -0.1) is 0 Å². The molecule has 1 unspecified atom stereocenters. The monoisotopic (exact) mass is 606 g/mol. The maximum absolute atomic E-state index is 2.55. The Kier molecular flexibility index (Phi) is 7.34. The number of hydrogen-bond acceptors (Lipinski definition) is 2. The van der Waals surface area contributed by atoms with Gasteiger partial charge in [0.25, 0.3) is 0 Å². The zero-order chi connectivity index (χ0) is 31.9. The van der Waals surface area contributed by atoms with Crippen LogP contribution >= 0.6 is 0 Å². The molecule has 8 rings (SSSR count). The molecular weight excluding hydrogens is 569 g/mol. The highest BCUT2D eigenvalue weighted by atomic mass is 15.2. The lowest BCUT2D eigenvalue weighted by molar-refractivity contribution is 0.782. The van der Waals surface area contributed by atoms with E-state index in [0.29, 0.717) is 0 Å². The summed E-state index contributed by atoms with van der Waals surface area (Å²) in [6, 6.07) is 51.5. The summed E-state index contributed by atoms with van der Waals surface area (Å²) in [6.07, 6.45) is 7.96. The lowest BCUT2D eigenvalue weighted by Crippen LogP contribution is -2.30. The summed E-state index contributed by atoms with van der Waals surface area (Å²) in [5.74, 6) is 0. The first-order valence-electron chi connectivity index (χ1n) is 16.5. The van der Waals surface area contributed by atoms with Gasteiger partial charge in [0.1, 0.15) is 0 Å². The second-order valence-electron chi connectivity index (χ2n) is 12.8. The number of aryl methyl sites for hydroxylation is 2. The fourth-order valence-electron chi connectivity index (χ4n) is 7.12. The Morgan fingerprint density at radius 1 is 0.468 bits per heavy atom. The van der Waals surface area contributed by atoms with Crippen LogP contribution < -0.4 is 9.80 Å². The van der Waals surface area contributed by atoms with Crippen LogP contribution in [0.4, 0.5) is 28.4 Å². The maximum atomic E-state index is 2.55. The molecule has 0 N–H and O–H groups in total. The van der Waals surface area contributed by atoms with Crippen LogP contribution in [-0.4, -0.2) is 6.04 Å². The Labute approximate surface area is 277 Å². The number of allylic oxidation sites excluding steroid dienone is 2. The number of hydrogen-bond donors (Lipinski definition) is 0. The standard InChI is InChI=1S/C45H38N2/c1-31-17-23-35(24-18-31)46(34-11-5-4-6-12-34)44-29-42-39-14-8-10-16-41(39)45(30-43(42)38-13-7-9-15-40(38)44)47(36-25-19-32(2)20-26-36)37-27-21-33(3)22-28-37/h4-27,29-30,37H,28H2,1-3H3. The van der Waals surface area contributed by atoms with Crippen molar-refractivity contribution in [3.63, 3.8) is 0 Å². The average molecular weight is 607 g/mol. The van der Waals surface area contributed by atoms with Crippen LogP contribution in [0.15, 0.2) is 163 Å². The Morgan fingerprint density at radius 3 is 1.53 bits per heavy atom. The number of fused-ring (bicyclic) bond motifs is 5. The molecule has 2 heteroatoms. The zero-order valence-electron chi connectivity index (χ0n) is 27.2. The van der Waals surface area contributed by atoms with Crippen molar-refractivity contribution in [2.24, 2.45) is 0 Å². The number of benzene rings is 7. The highest BCUT2D eigenvalue weighted by Gasteiger charge is 2.24. The smallest absolute Gasteiger partial charge is 0.0560 e. The second kappa shape index (κ2) is 12.0. The minimum atomic E-state index is 0.211. The molecule has 0 saturated heterocycles. The third-order valence-electron chi connectivity index (χ3n) is 9.55. The Hall–Kier alpha value is -5.60. The van der Waals surface area contributed by atoms with Gasteiger partial charge in [-0.3, -0.25) is 0 Å². The second-order valence-corrected chi connectivity index (χ2v) is 12.8. The quantitative estimate of drug-likeness (QED) is 0.174. The van der Waals surface area contributed by atoms with Crippen LogP contribution in [0, 0.1) is 13.8 Å². The van der Waals surface area contributed by atoms with Crippen molar-refractivity contribution in [1.82, 2.24) is 0 Å². The van der Waals surface area contributed by atoms with E-state index in [9.17, 15) is 0 Å². The zero-order valence-corrected chi connectivity index (χ0v) is 27.2. The van der Waals surface area contributed by atoms with E-state index in [0.717, 1.165) is 17.8 Å². The molecule has 0 radical (unpaired) electrons. The van der Waals surface area contributed by atoms with Crippen molar-refractivity contribution < 1.29 is 0 Å². The van der Waals surface area contributed by atoms with E-state index in [1.807, 2.05) is 0 Å². The van der Waals surface area contributed by atoms with Crippen molar-refractivity contribution in [3.05, 3.63) is 174 Å². The molecular formula is C45H38N2. The topological polar surface area (TPSA) is 6.48 Å². The number of nitrogens with zero attached hydrogens (tertiary/aromatic N) is 2. The number of anilines is 5. The molecule has 7 aromatic carbocycles. The van der Waals surface area contributed by atoms with Gasteiger partial charge in [0, 0.05) is 27.8 Å². The Bertz CT molecular complexity index is 2290. The SMILES string of the molecule is CC1=CCC(N(c2ccc(C)cc2)c2cc3c4ccccc4c(N(c4ccccc4)c4ccc(C)cc4)cc3c3ccccc23)C=C1. The molecule has 7 aromatic rings. The van der Waals surface area contributed by atoms with Gasteiger partial charge in [0.2, 0.25) is 0 Å². The maximum Gasteiger partial charge on any atom is 0.0560 e. The first-order valence-corrected chi connectivity index (χ1v) is 16.5. The van der Waals surface area contributed by atoms with Gasteiger partial charge in [-0.25, -0.2) is 0 Å². The molecule has 0 saturated carbocycles. The van der Waals surface area contributed by atoms with Crippen molar-refractivity contribution in [1.29, 1.82) is 0 Å². The molecule has 228 valence electrons. The van der Waals surface area contributed by atoms with E-state index in [2.05, 4.69) is 188 Å². The normalized spacial score (nSPS) is 14.4. The summed E-state index contributed by atoms with van der Waals surface area (Å²) in [4.78, 5) is 4.95. The summed E-state index contributed by atoms with van der Waals surface area (Å²) in [5, 5.41) is 7.50. The van der Waals surface area contributed by atoms with Crippen LogP contribution in [0.5, 0.6) is 0 Å². The van der Waals surface area contributed by atoms with E-state index >= 15 is 0 Å². The molecule has 0 bridgehead atoms. The molecule has 47 heavy (non-hydrogen) atoms. The van der Waals surface area contributed by atoms with Crippen LogP contribution in [0.2, 0.25) is 0 Å². The fourth-order valence-corrected chi connectivity index (χ4v) is 7.12. The fraction of sp³-hybridized carbons (Fsp3) is 0.111. The van der Waals surface area contributed by atoms with E-state index < -0.39 is 0 Å². The minimum absolute atomic E-state index is 0.211. The molecule has 0 heterocycles. The summed E-state index contributed by atoms with van der Waals surface area (Å²) < 4.78 is 0. The first kappa shape index (κ1) is 28.8. The number of rotatable bonds is 6. The third kappa shape index (κ3) is 5.26. The van der Waals surface area contributed by atoms with Gasteiger partial charge < -0.3 is 9.80 Å². The van der Waals surface area contributed by atoms with Crippen molar-refractivity contribution in [3.8, 4) is 0 Å². The summed E-state index contributed by atoms with van der Waals surface area (Å²) >= 11 is 0. The number of para-hydroxylation sites is 1.